The van der Waals surface area contributed by atoms with Crippen molar-refractivity contribution in [1.29, 1.82) is 0 Å². The molecule has 0 aliphatic carbocycles. The minimum absolute atomic E-state index is 0.123. The number of likely N-dealkylation sites (N-methyl/N-ethyl adjacent to an activating group) is 1. The van der Waals surface area contributed by atoms with Crippen molar-refractivity contribution >= 4 is 11.8 Å². The average molecular weight is 157 g/mol. The third-order valence-electron chi connectivity index (χ3n) is 1.74. The smallest absolute Gasteiger partial charge is 0.313 e. The van der Waals surface area contributed by atoms with E-state index in [4.69, 9.17) is 5.73 Å². The topological polar surface area (TPSA) is 66.6 Å². The van der Waals surface area contributed by atoms with Gasteiger partial charge in [-0.3, -0.25) is 9.59 Å². The summed E-state index contributed by atoms with van der Waals surface area (Å²) in [5, 5.41) is 0. The Morgan fingerprint density at radius 2 is 2.00 bits per heavy atom. The van der Waals surface area contributed by atoms with Crippen LogP contribution in [0.4, 0.5) is 0 Å². The van der Waals surface area contributed by atoms with Gasteiger partial charge in [0.2, 0.25) is 0 Å². The Morgan fingerprint density at radius 3 is 2.55 bits per heavy atom. The Labute approximate surface area is 64.7 Å². The van der Waals surface area contributed by atoms with Gasteiger partial charge >= 0.3 is 11.8 Å². The lowest BCUT2D eigenvalue weighted by Gasteiger charge is -2.30. The van der Waals surface area contributed by atoms with E-state index in [1.807, 2.05) is 0 Å². The largest absolute Gasteiger partial charge is 0.336 e. The van der Waals surface area contributed by atoms with Crippen LogP contribution in [0, 0.1) is 0 Å². The van der Waals surface area contributed by atoms with Gasteiger partial charge in [-0.25, -0.2) is 0 Å². The number of hydrogen-bond acceptors (Lipinski definition) is 3. The summed E-state index contributed by atoms with van der Waals surface area (Å²) in [5.41, 5.74) is 5.24. The lowest BCUT2D eigenvalue weighted by atomic mass is 10.3. The molecule has 0 spiro atoms. The van der Waals surface area contributed by atoms with Crippen molar-refractivity contribution in [2.75, 3.05) is 26.8 Å². The molecule has 2 N–H and O–H groups in total. The summed E-state index contributed by atoms with van der Waals surface area (Å²) in [6.45, 7) is 1.23. The van der Waals surface area contributed by atoms with Gasteiger partial charge in [-0.15, -0.1) is 0 Å². The summed E-state index contributed by atoms with van der Waals surface area (Å²) in [6, 6.07) is 0. The third kappa shape index (κ3) is 1.32. The number of nitrogens with two attached hydrogens (primary N) is 1. The molecule has 11 heavy (non-hydrogen) atoms. The Hall–Kier alpha value is -1.10. The van der Waals surface area contributed by atoms with Crippen molar-refractivity contribution in [3.63, 3.8) is 0 Å². The van der Waals surface area contributed by atoms with Gasteiger partial charge in [0.1, 0.15) is 0 Å². The lowest BCUT2D eigenvalue weighted by molar-refractivity contribution is -0.154. The van der Waals surface area contributed by atoms with Gasteiger partial charge in [-0.2, -0.15) is 0 Å². The van der Waals surface area contributed by atoms with Gasteiger partial charge < -0.3 is 15.5 Å². The minimum atomic E-state index is -0.499. The number of carbonyl (C=O) groups excluding carboxylic acids is 2. The molecule has 0 aromatic rings. The highest BCUT2D eigenvalue weighted by Gasteiger charge is 2.28. The lowest BCUT2D eigenvalue weighted by Crippen LogP contribution is -2.54. The maximum Gasteiger partial charge on any atom is 0.313 e. The molecule has 1 fully saturated rings. The molecule has 0 saturated carbocycles. The second-order valence-corrected chi connectivity index (χ2v) is 2.48. The van der Waals surface area contributed by atoms with E-state index >= 15 is 0 Å². The maximum absolute atomic E-state index is 11.0. The second-order valence-electron chi connectivity index (χ2n) is 2.48. The highest BCUT2D eigenvalue weighted by atomic mass is 16.2. The Bertz CT molecular complexity index is 192. The van der Waals surface area contributed by atoms with E-state index in [2.05, 4.69) is 0 Å². The summed E-state index contributed by atoms with van der Waals surface area (Å²) in [6.07, 6.45) is 0. The van der Waals surface area contributed by atoms with Crippen molar-refractivity contribution in [3.05, 3.63) is 0 Å². The van der Waals surface area contributed by atoms with Crippen LogP contribution in [-0.2, 0) is 9.59 Å². The molecule has 5 heteroatoms. The van der Waals surface area contributed by atoms with Gasteiger partial charge in [-0.1, -0.05) is 0 Å². The maximum atomic E-state index is 11.0. The number of hydrogen-bond donors (Lipinski definition) is 1. The van der Waals surface area contributed by atoms with Crippen molar-refractivity contribution in [2.24, 2.45) is 5.73 Å². The first kappa shape index (κ1) is 8.00. The normalized spacial score (nSPS) is 19.5. The standard InChI is InChI=1S/C6H11N3O2/c1-8-2-3-9(4-7)6(11)5(8)10/h2-4,7H2,1H3. The molecule has 1 aliphatic heterocycles. The summed E-state index contributed by atoms with van der Waals surface area (Å²) in [4.78, 5) is 24.7. The zero-order valence-electron chi connectivity index (χ0n) is 6.41. The summed E-state index contributed by atoms with van der Waals surface area (Å²) in [5.74, 6) is -0.969. The van der Waals surface area contributed by atoms with Gasteiger partial charge in [0.25, 0.3) is 0 Å². The molecule has 1 rings (SSSR count). The molecule has 1 saturated heterocycles. The highest BCUT2D eigenvalue weighted by Crippen LogP contribution is 1.99. The number of rotatable bonds is 1. The van der Waals surface area contributed by atoms with Crippen LogP contribution in [0.3, 0.4) is 0 Å². The fraction of sp³-hybridized carbons (Fsp3) is 0.667. The van der Waals surface area contributed by atoms with Crippen LogP contribution in [0.15, 0.2) is 0 Å². The molecule has 62 valence electrons. The molecule has 2 amide bonds. The molecule has 5 nitrogen and oxygen atoms in total. The van der Waals surface area contributed by atoms with Crippen molar-refractivity contribution in [3.8, 4) is 0 Å². The van der Waals surface area contributed by atoms with Crippen molar-refractivity contribution in [2.45, 2.75) is 0 Å². The molecule has 0 bridgehead atoms. The first-order chi connectivity index (χ1) is 5.16. The monoisotopic (exact) mass is 157 g/mol. The SMILES string of the molecule is CN1CCN(CN)C(=O)C1=O. The highest BCUT2D eigenvalue weighted by molar-refractivity contribution is 6.35. The van der Waals surface area contributed by atoms with E-state index in [1.165, 1.54) is 9.80 Å². The zero-order chi connectivity index (χ0) is 8.43. The summed E-state index contributed by atoms with van der Waals surface area (Å²) >= 11 is 0. The van der Waals surface area contributed by atoms with Crippen LogP contribution in [0.1, 0.15) is 0 Å². The molecule has 0 aromatic carbocycles. The Morgan fingerprint density at radius 1 is 1.36 bits per heavy atom. The fourth-order valence-corrected chi connectivity index (χ4v) is 0.947. The molecule has 0 radical (unpaired) electrons. The Kier molecular flexibility index (Phi) is 2.09. The van der Waals surface area contributed by atoms with E-state index in [-0.39, 0.29) is 6.67 Å². The fourth-order valence-electron chi connectivity index (χ4n) is 0.947. The van der Waals surface area contributed by atoms with E-state index in [9.17, 15) is 9.59 Å². The molecular weight excluding hydrogens is 146 g/mol. The van der Waals surface area contributed by atoms with Gasteiger partial charge in [0.05, 0.1) is 6.67 Å². The second kappa shape index (κ2) is 2.87. The predicted molar refractivity (Wildman–Crippen MR) is 38.4 cm³/mol. The van der Waals surface area contributed by atoms with Gasteiger partial charge in [-0.05, 0) is 0 Å². The predicted octanol–water partition coefficient (Wildman–Crippen LogP) is -1.80. The summed E-state index contributed by atoms with van der Waals surface area (Å²) < 4.78 is 0. The van der Waals surface area contributed by atoms with E-state index in [0.717, 1.165) is 0 Å². The molecule has 0 aromatic heterocycles. The van der Waals surface area contributed by atoms with Crippen LogP contribution < -0.4 is 5.73 Å². The number of amides is 2. The molecule has 1 aliphatic rings. The van der Waals surface area contributed by atoms with Crippen LogP contribution in [-0.4, -0.2) is 48.4 Å². The first-order valence-electron chi connectivity index (χ1n) is 3.41. The van der Waals surface area contributed by atoms with E-state index < -0.39 is 11.8 Å². The van der Waals surface area contributed by atoms with Crippen LogP contribution in [0.5, 0.6) is 0 Å². The molecule has 0 atom stereocenters. The molecule has 1 heterocycles. The van der Waals surface area contributed by atoms with Crippen molar-refractivity contribution in [1.82, 2.24) is 9.80 Å². The van der Waals surface area contributed by atoms with E-state index in [0.29, 0.717) is 13.1 Å². The zero-order valence-corrected chi connectivity index (χ0v) is 6.41. The number of piperazine rings is 1. The average Bonchev–Trinajstić information content (AvgIpc) is 2.01. The minimum Gasteiger partial charge on any atom is -0.336 e. The third-order valence-corrected chi connectivity index (χ3v) is 1.74. The number of carbonyl (C=O) groups is 2. The van der Waals surface area contributed by atoms with Gasteiger partial charge in [0, 0.05) is 20.1 Å². The molecular formula is C6H11N3O2. The van der Waals surface area contributed by atoms with Crippen LogP contribution >= 0.6 is 0 Å². The first-order valence-corrected chi connectivity index (χ1v) is 3.41. The van der Waals surface area contributed by atoms with Crippen molar-refractivity contribution < 1.29 is 9.59 Å². The van der Waals surface area contributed by atoms with Crippen LogP contribution in [0.2, 0.25) is 0 Å². The van der Waals surface area contributed by atoms with Crippen LogP contribution in [0.25, 0.3) is 0 Å². The quantitative estimate of drug-likeness (QED) is 0.457. The van der Waals surface area contributed by atoms with Gasteiger partial charge in [0.15, 0.2) is 0 Å². The molecule has 0 unspecified atom stereocenters. The Balaban J connectivity index is 2.67. The number of nitrogens with zero attached hydrogens (tertiary/aromatic N) is 2. The summed E-state index contributed by atoms with van der Waals surface area (Å²) in [7, 11) is 1.61. The van der Waals surface area contributed by atoms with E-state index in [1.54, 1.807) is 7.05 Å².